The number of amides is 1. The minimum Gasteiger partial charge on any atom is -0.493 e. The first-order valence-corrected chi connectivity index (χ1v) is 10.9. The van der Waals surface area contributed by atoms with Gasteiger partial charge in [0.1, 0.15) is 23.7 Å². The molecule has 7 nitrogen and oxygen atoms in total. The third-order valence-electron chi connectivity index (χ3n) is 5.24. The first-order chi connectivity index (χ1) is 15.2. The number of nitrogens with zero attached hydrogens (tertiary/aromatic N) is 1. The van der Waals surface area contributed by atoms with Gasteiger partial charge in [-0.1, -0.05) is 12.1 Å². The van der Waals surface area contributed by atoms with Crippen LogP contribution in [0.25, 0.3) is 0 Å². The van der Waals surface area contributed by atoms with Crippen molar-refractivity contribution < 1.29 is 23.7 Å². The second kappa shape index (κ2) is 10.6. The fourth-order valence-corrected chi connectivity index (χ4v) is 3.58. The Bertz CT molecular complexity index is 892. The summed E-state index contributed by atoms with van der Waals surface area (Å²) in [5, 5.41) is 0. The highest BCUT2D eigenvalue weighted by atomic mass is 16.6. The summed E-state index contributed by atoms with van der Waals surface area (Å²) < 4.78 is 22.6. The van der Waals surface area contributed by atoms with Gasteiger partial charge in [-0.25, -0.2) is 4.79 Å². The van der Waals surface area contributed by atoms with Crippen LogP contribution in [-0.2, 0) is 22.7 Å². The van der Waals surface area contributed by atoms with Gasteiger partial charge in [-0.05, 0) is 63.1 Å². The van der Waals surface area contributed by atoms with Crippen molar-refractivity contribution in [3.05, 3.63) is 53.6 Å². The standard InChI is InChI=1S/C25H34N2O5/c1-25(2,3)32-24(28)27-13-12-18(14-27)15-30-20-8-10-21(11-9-20)31-17-22-19(16-29-4)6-5-7-23(22)26/h5-11,18H,12-17,26H2,1-4H3. The summed E-state index contributed by atoms with van der Waals surface area (Å²) in [7, 11) is 1.66. The van der Waals surface area contributed by atoms with E-state index in [2.05, 4.69) is 0 Å². The van der Waals surface area contributed by atoms with Crippen molar-refractivity contribution in [3.63, 3.8) is 0 Å². The Hall–Kier alpha value is -2.93. The number of nitrogen functional groups attached to an aromatic ring is 1. The van der Waals surface area contributed by atoms with Crippen molar-refractivity contribution in [2.24, 2.45) is 5.92 Å². The Balaban J connectivity index is 1.46. The summed E-state index contributed by atoms with van der Waals surface area (Å²) in [6, 6.07) is 13.3. The van der Waals surface area contributed by atoms with Gasteiger partial charge in [0.2, 0.25) is 0 Å². The van der Waals surface area contributed by atoms with E-state index in [4.69, 9.17) is 24.7 Å². The number of benzene rings is 2. The topological polar surface area (TPSA) is 83.3 Å². The van der Waals surface area contributed by atoms with E-state index in [-0.39, 0.29) is 6.09 Å². The molecular weight excluding hydrogens is 408 g/mol. The van der Waals surface area contributed by atoms with Crippen LogP contribution in [0.2, 0.25) is 0 Å². The molecule has 0 spiro atoms. The lowest BCUT2D eigenvalue weighted by Gasteiger charge is -2.24. The third-order valence-corrected chi connectivity index (χ3v) is 5.24. The number of carbonyl (C=O) groups excluding carboxylic acids is 1. The molecule has 174 valence electrons. The molecule has 3 rings (SSSR count). The van der Waals surface area contributed by atoms with Crippen LogP contribution < -0.4 is 15.2 Å². The Morgan fingerprint density at radius 1 is 1.06 bits per heavy atom. The van der Waals surface area contributed by atoms with E-state index in [9.17, 15) is 4.79 Å². The van der Waals surface area contributed by atoms with Crippen LogP contribution in [-0.4, -0.2) is 43.4 Å². The van der Waals surface area contributed by atoms with Gasteiger partial charge < -0.3 is 29.6 Å². The summed E-state index contributed by atoms with van der Waals surface area (Å²) in [5.41, 5.74) is 8.28. The van der Waals surface area contributed by atoms with Crippen LogP contribution in [0, 0.1) is 5.92 Å². The second-order valence-electron chi connectivity index (χ2n) is 9.07. The number of ether oxygens (including phenoxy) is 4. The van der Waals surface area contributed by atoms with Crippen molar-refractivity contribution >= 4 is 11.8 Å². The lowest BCUT2D eigenvalue weighted by Crippen LogP contribution is -2.35. The minimum atomic E-state index is -0.479. The zero-order valence-electron chi connectivity index (χ0n) is 19.4. The molecule has 0 bridgehead atoms. The molecule has 0 aromatic heterocycles. The average Bonchev–Trinajstić information content (AvgIpc) is 3.21. The molecule has 7 heteroatoms. The summed E-state index contributed by atoms with van der Waals surface area (Å²) in [6.07, 6.45) is 0.650. The Morgan fingerprint density at radius 3 is 2.41 bits per heavy atom. The molecule has 0 aliphatic carbocycles. The van der Waals surface area contributed by atoms with Gasteiger partial charge in [-0.3, -0.25) is 0 Å². The average molecular weight is 443 g/mol. The van der Waals surface area contributed by atoms with Crippen molar-refractivity contribution in [1.82, 2.24) is 4.90 Å². The number of carbonyl (C=O) groups is 1. The van der Waals surface area contributed by atoms with Crippen molar-refractivity contribution in [3.8, 4) is 11.5 Å². The first kappa shape index (κ1) is 23.7. The summed E-state index contributed by atoms with van der Waals surface area (Å²) in [4.78, 5) is 13.9. The summed E-state index contributed by atoms with van der Waals surface area (Å²) in [6.45, 7) is 8.40. The van der Waals surface area contributed by atoms with Gasteiger partial charge >= 0.3 is 6.09 Å². The molecule has 1 atom stereocenters. The van der Waals surface area contributed by atoms with E-state index in [0.717, 1.165) is 29.0 Å². The molecule has 1 saturated heterocycles. The smallest absolute Gasteiger partial charge is 0.410 e. The quantitative estimate of drug-likeness (QED) is 0.600. The monoisotopic (exact) mass is 442 g/mol. The van der Waals surface area contributed by atoms with Crippen LogP contribution in [0.15, 0.2) is 42.5 Å². The van der Waals surface area contributed by atoms with Crippen LogP contribution in [0.3, 0.4) is 0 Å². The number of anilines is 1. The van der Waals surface area contributed by atoms with E-state index >= 15 is 0 Å². The van der Waals surface area contributed by atoms with Crippen LogP contribution >= 0.6 is 0 Å². The highest BCUT2D eigenvalue weighted by Crippen LogP contribution is 2.24. The zero-order chi connectivity index (χ0) is 23.1. The molecule has 0 saturated carbocycles. The number of nitrogens with two attached hydrogens (primary N) is 1. The maximum atomic E-state index is 12.2. The normalized spacial score (nSPS) is 16.1. The van der Waals surface area contributed by atoms with Gasteiger partial charge in [-0.2, -0.15) is 0 Å². The third kappa shape index (κ3) is 6.79. The van der Waals surface area contributed by atoms with Crippen LogP contribution in [0.1, 0.15) is 38.3 Å². The van der Waals surface area contributed by atoms with E-state index in [1.165, 1.54) is 0 Å². The van der Waals surface area contributed by atoms with Crippen molar-refractivity contribution in [1.29, 1.82) is 0 Å². The Kier molecular flexibility index (Phi) is 7.85. The molecule has 2 N–H and O–H groups in total. The van der Waals surface area contributed by atoms with E-state index in [1.54, 1.807) is 12.0 Å². The largest absolute Gasteiger partial charge is 0.493 e. The molecule has 1 unspecified atom stereocenters. The molecule has 0 radical (unpaired) electrons. The predicted molar refractivity (Wildman–Crippen MR) is 124 cm³/mol. The van der Waals surface area contributed by atoms with E-state index in [0.29, 0.717) is 44.5 Å². The van der Waals surface area contributed by atoms with E-state index in [1.807, 2.05) is 63.2 Å². The number of likely N-dealkylation sites (tertiary alicyclic amines) is 1. The number of methoxy groups -OCH3 is 1. The number of rotatable bonds is 8. The van der Waals surface area contributed by atoms with Gasteiger partial charge in [0.05, 0.1) is 13.2 Å². The van der Waals surface area contributed by atoms with Crippen molar-refractivity contribution in [2.75, 3.05) is 32.5 Å². The molecule has 1 aliphatic heterocycles. The fourth-order valence-electron chi connectivity index (χ4n) is 3.58. The molecule has 2 aromatic carbocycles. The Morgan fingerprint density at radius 2 is 1.75 bits per heavy atom. The van der Waals surface area contributed by atoms with Crippen LogP contribution in [0.4, 0.5) is 10.5 Å². The molecule has 2 aromatic rings. The maximum absolute atomic E-state index is 12.2. The highest BCUT2D eigenvalue weighted by Gasteiger charge is 2.30. The van der Waals surface area contributed by atoms with Crippen molar-refractivity contribution in [2.45, 2.75) is 46.0 Å². The van der Waals surface area contributed by atoms with E-state index < -0.39 is 5.60 Å². The predicted octanol–water partition coefficient (Wildman–Crippen LogP) is 4.63. The molecule has 1 fully saturated rings. The highest BCUT2D eigenvalue weighted by molar-refractivity contribution is 5.68. The van der Waals surface area contributed by atoms with Gasteiger partial charge in [0.25, 0.3) is 0 Å². The zero-order valence-corrected chi connectivity index (χ0v) is 19.4. The van der Waals surface area contributed by atoms with Gasteiger partial charge in [-0.15, -0.1) is 0 Å². The molecule has 1 amide bonds. The molecule has 32 heavy (non-hydrogen) atoms. The SMILES string of the molecule is COCc1cccc(N)c1COc1ccc(OCC2CCN(C(=O)OC(C)(C)C)C2)cc1. The van der Waals surface area contributed by atoms with Crippen LogP contribution in [0.5, 0.6) is 11.5 Å². The summed E-state index contributed by atoms with van der Waals surface area (Å²) in [5.74, 6) is 1.80. The minimum absolute atomic E-state index is 0.255. The summed E-state index contributed by atoms with van der Waals surface area (Å²) >= 11 is 0. The lowest BCUT2D eigenvalue weighted by molar-refractivity contribution is 0.0285. The lowest BCUT2D eigenvalue weighted by atomic mass is 10.1. The molecular formula is C25H34N2O5. The number of hydrogen-bond acceptors (Lipinski definition) is 6. The first-order valence-electron chi connectivity index (χ1n) is 10.9. The maximum Gasteiger partial charge on any atom is 0.410 e. The van der Waals surface area contributed by atoms with Gasteiger partial charge in [0, 0.05) is 37.4 Å². The second-order valence-corrected chi connectivity index (χ2v) is 9.07. The molecule has 1 aliphatic rings. The Labute approximate surface area is 190 Å². The number of hydrogen-bond donors (Lipinski definition) is 1. The molecule has 1 heterocycles. The van der Waals surface area contributed by atoms with Gasteiger partial charge in [0.15, 0.2) is 0 Å². The fraction of sp³-hybridized carbons (Fsp3) is 0.480.